The van der Waals surface area contributed by atoms with Gasteiger partial charge in [-0.2, -0.15) is 0 Å². The second-order valence-electron chi connectivity index (χ2n) is 4.84. The summed E-state index contributed by atoms with van der Waals surface area (Å²) in [5.41, 5.74) is 8.87. The number of carbonyl (C=O) groups excluding carboxylic acids is 1. The summed E-state index contributed by atoms with van der Waals surface area (Å²) >= 11 is 12.0. The van der Waals surface area contributed by atoms with Crippen LogP contribution in [-0.4, -0.2) is 12.6 Å². The Bertz CT molecular complexity index is 718. The molecule has 0 atom stereocenters. The third-order valence-corrected chi connectivity index (χ3v) is 3.98. The molecule has 2 amide bonds. The SMILES string of the molecule is Nc1ccc2c(c1)N(C(=O)Nc1cc(Cl)ccc1Cl)CC2. The highest BCUT2D eigenvalue weighted by Crippen LogP contribution is 2.31. The number of nitrogens with two attached hydrogens (primary N) is 1. The monoisotopic (exact) mass is 321 g/mol. The zero-order valence-corrected chi connectivity index (χ0v) is 12.6. The molecule has 4 nitrogen and oxygen atoms in total. The number of nitrogen functional groups attached to an aromatic ring is 1. The lowest BCUT2D eigenvalue weighted by Crippen LogP contribution is -2.33. The van der Waals surface area contributed by atoms with Crippen LogP contribution in [-0.2, 0) is 6.42 Å². The molecule has 0 aromatic heterocycles. The predicted molar refractivity (Wildman–Crippen MR) is 87.4 cm³/mol. The van der Waals surface area contributed by atoms with Crippen LogP contribution in [0.4, 0.5) is 21.9 Å². The quantitative estimate of drug-likeness (QED) is 0.774. The van der Waals surface area contributed by atoms with Gasteiger partial charge >= 0.3 is 6.03 Å². The number of carbonyl (C=O) groups is 1. The smallest absolute Gasteiger partial charge is 0.326 e. The summed E-state index contributed by atoms with van der Waals surface area (Å²) in [7, 11) is 0. The summed E-state index contributed by atoms with van der Waals surface area (Å²) in [6.07, 6.45) is 0.812. The summed E-state index contributed by atoms with van der Waals surface area (Å²) in [4.78, 5) is 14.1. The molecule has 108 valence electrons. The molecule has 3 N–H and O–H groups in total. The van der Waals surface area contributed by atoms with Crippen molar-refractivity contribution in [2.45, 2.75) is 6.42 Å². The molecule has 0 saturated carbocycles. The van der Waals surface area contributed by atoms with Crippen LogP contribution in [0.3, 0.4) is 0 Å². The van der Waals surface area contributed by atoms with Gasteiger partial charge in [-0.15, -0.1) is 0 Å². The largest absolute Gasteiger partial charge is 0.399 e. The minimum absolute atomic E-state index is 0.247. The van der Waals surface area contributed by atoms with E-state index in [2.05, 4.69) is 5.32 Å². The van der Waals surface area contributed by atoms with Crippen molar-refractivity contribution in [1.82, 2.24) is 0 Å². The number of nitrogens with zero attached hydrogens (tertiary/aromatic N) is 1. The number of hydrogen-bond donors (Lipinski definition) is 2. The topological polar surface area (TPSA) is 58.4 Å². The highest BCUT2D eigenvalue weighted by Gasteiger charge is 2.25. The van der Waals surface area contributed by atoms with Gasteiger partial charge < -0.3 is 11.1 Å². The van der Waals surface area contributed by atoms with Crippen molar-refractivity contribution in [3.63, 3.8) is 0 Å². The molecule has 0 fully saturated rings. The van der Waals surface area contributed by atoms with E-state index in [0.717, 1.165) is 17.7 Å². The fourth-order valence-electron chi connectivity index (χ4n) is 2.38. The van der Waals surface area contributed by atoms with Gasteiger partial charge in [0.1, 0.15) is 0 Å². The highest BCUT2D eigenvalue weighted by atomic mass is 35.5. The Kier molecular flexibility index (Phi) is 3.66. The van der Waals surface area contributed by atoms with Crippen LogP contribution in [0, 0.1) is 0 Å². The Balaban J connectivity index is 1.85. The maximum atomic E-state index is 12.4. The van der Waals surface area contributed by atoms with Gasteiger partial charge in [-0.05, 0) is 42.3 Å². The van der Waals surface area contributed by atoms with Crippen molar-refractivity contribution >= 4 is 46.3 Å². The van der Waals surface area contributed by atoms with Gasteiger partial charge in [-0.25, -0.2) is 4.79 Å². The van der Waals surface area contributed by atoms with Gasteiger partial charge in [0.15, 0.2) is 0 Å². The van der Waals surface area contributed by atoms with E-state index in [4.69, 9.17) is 28.9 Å². The number of fused-ring (bicyclic) bond motifs is 1. The fourth-order valence-corrected chi connectivity index (χ4v) is 2.72. The van der Waals surface area contributed by atoms with Crippen LogP contribution in [0.1, 0.15) is 5.56 Å². The minimum Gasteiger partial charge on any atom is -0.399 e. The molecule has 0 aliphatic carbocycles. The summed E-state index contributed by atoms with van der Waals surface area (Å²) in [5, 5.41) is 3.74. The standard InChI is InChI=1S/C15H13Cl2N3O/c16-10-2-4-12(17)13(7-10)19-15(21)20-6-5-9-1-3-11(18)8-14(9)20/h1-4,7-8H,5-6,18H2,(H,19,21). The van der Waals surface area contributed by atoms with Crippen LogP contribution in [0.25, 0.3) is 0 Å². The number of benzene rings is 2. The third-order valence-electron chi connectivity index (χ3n) is 3.42. The molecule has 0 unspecified atom stereocenters. The van der Waals surface area contributed by atoms with Gasteiger partial charge in [0.25, 0.3) is 0 Å². The molecular formula is C15H13Cl2N3O. The van der Waals surface area contributed by atoms with E-state index in [1.54, 1.807) is 23.1 Å². The summed E-state index contributed by atoms with van der Waals surface area (Å²) < 4.78 is 0. The summed E-state index contributed by atoms with van der Waals surface area (Å²) in [6.45, 7) is 0.614. The minimum atomic E-state index is -0.247. The number of rotatable bonds is 1. The predicted octanol–water partition coefficient (Wildman–Crippen LogP) is 4.17. The van der Waals surface area contributed by atoms with Gasteiger partial charge in [-0.1, -0.05) is 29.3 Å². The first kappa shape index (κ1) is 14.0. The lowest BCUT2D eigenvalue weighted by molar-refractivity contribution is 0.257. The van der Waals surface area contributed by atoms with Crippen molar-refractivity contribution in [2.75, 3.05) is 22.5 Å². The molecule has 0 saturated heterocycles. The zero-order chi connectivity index (χ0) is 15.0. The Labute approximate surface area is 132 Å². The molecule has 1 heterocycles. The molecule has 1 aliphatic heterocycles. The van der Waals surface area contributed by atoms with E-state index in [1.807, 2.05) is 18.2 Å². The highest BCUT2D eigenvalue weighted by molar-refractivity contribution is 6.35. The Morgan fingerprint density at radius 2 is 2.00 bits per heavy atom. The van der Waals surface area contributed by atoms with Crippen molar-refractivity contribution in [3.8, 4) is 0 Å². The maximum Gasteiger partial charge on any atom is 0.326 e. The third kappa shape index (κ3) is 2.77. The van der Waals surface area contributed by atoms with E-state index in [-0.39, 0.29) is 6.03 Å². The molecule has 2 aromatic carbocycles. The first-order valence-corrected chi connectivity index (χ1v) is 7.22. The van der Waals surface area contributed by atoms with Crippen LogP contribution < -0.4 is 16.0 Å². The Morgan fingerprint density at radius 3 is 2.81 bits per heavy atom. The molecule has 0 radical (unpaired) electrons. The molecule has 0 bridgehead atoms. The molecule has 3 rings (SSSR count). The van der Waals surface area contributed by atoms with Gasteiger partial charge in [-0.3, -0.25) is 4.90 Å². The number of amides is 2. The summed E-state index contributed by atoms with van der Waals surface area (Å²) in [5.74, 6) is 0. The second kappa shape index (κ2) is 5.47. The van der Waals surface area contributed by atoms with Crippen LogP contribution in [0.2, 0.25) is 10.0 Å². The number of halogens is 2. The van der Waals surface area contributed by atoms with Gasteiger partial charge in [0, 0.05) is 17.3 Å². The first-order valence-electron chi connectivity index (χ1n) is 6.46. The van der Waals surface area contributed by atoms with Crippen LogP contribution >= 0.6 is 23.2 Å². The molecule has 6 heteroatoms. The van der Waals surface area contributed by atoms with Crippen LogP contribution in [0.5, 0.6) is 0 Å². The maximum absolute atomic E-state index is 12.4. The average molecular weight is 322 g/mol. The zero-order valence-electron chi connectivity index (χ0n) is 11.1. The second-order valence-corrected chi connectivity index (χ2v) is 5.69. The van der Waals surface area contributed by atoms with E-state index in [0.29, 0.717) is 28.0 Å². The number of nitrogens with one attached hydrogen (secondary N) is 1. The normalized spacial score (nSPS) is 13.1. The summed E-state index contributed by atoms with van der Waals surface area (Å²) in [6, 6.07) is 10.3. The molecule has 0 spiro atoms. The number of anilines is 3. The molecule has 21 heavy (non-hydrogen) atoms. The van der Waals surface area contributed by atoms with E-state index in [9.17, 15) is 4.79 Å². The van der Waals surface area contributed by atoms with E-state index >= 15 is 0 Å². The molecule has 1 aliphatic rings. The van der Waals surface area contributed by atoms with Crippen molar-refractivity contribution in [3.05, 3.63) is 52.0 Å². The first-order chi connectivity index (χ1) is 10.0. The lowest BCUT2D eigenvalue weighted by atomic mass is 10.1. The average Bonchev–Trinajstić information content (AvgIpc) is 2.85. The van der Waals surface area contributed by atoms with Crippen molar-refractivity contribution in [1.29, 1.82) is 0 Å². The van der Waals surface area contributed by atoms with E-state index < -0.39 is 0 Å². The Hall–Kier alpha value is -1.91. The number of hydrogen-bond acceptors (Lipinski definition) is 2. The van der Waals surface area contributed by atoms with Gasteiger partial charge in [0.2, 0.25) is 0 Å². The van der Waals surface area contributed by atoms with Gasteiger partial charge in [0.05, 0.1) is 16.4 Å². The van der Waals surface area contributed by atoms with E-state index in [1.165, 1.54) is 0 Å². The van der Waals surface area contributed by atoms with Crippen LogP contribution in [0.15, 0.2) is 36.4 Å². The number of urea groups is 1. The van der Waals surface area contributed by atoms with Crippen molar-refractivity contribution < 1.29 is 4.79 Å². The lowest BCUT2D eigenvalue weighted by Gasteiger charge is -2.19. The fraction of sp³-hybridized carbons (Fsp3) is 0.133. The molecule has 2 aromatic rings. The molecular weight excluding hydrogens is 309 g/mol. The van der Waals surface area contributed by atoms with Crippen molar-refractivity contribution in [2.24, 2.45) is 0 Å². The Morgan fingerprint density at radius 1 is 1.19 bits per heavy atom.